The molecule has 2 unspecified atom stereocenters. The maximum atomic E-state index is 11.9. The molecule has 4 rings (SSSR count). The lowest BCUT2D eigenvalue weighted by Crippen LogP contribution is -2.39. The Bertz CT molecular complexity index is 694. The molecule has 0 aromatic carbocycles. The average Bonchev–Trinajstić information content (AvgIpc) is 2.80. The summed E-state index contributed by atoms with van der Waals surface area (Å²) in [6, 6.07) is 0. The van der Waals surface area contributed by atoms with E-state index in [0.29, 0.717) is 11.2 Å². The second kappa shape index (κ2) is 3.13. The molecule has 0 aliphatic carbocycles. The normalized spacial score (nSPS) is 33.9. The Morgan fingerprint density at radius 2 is 2.22 bits per heavy atom. The van der Waals surface area contributed by atoms with Gasteiger partial charge in [-0.25, -0.2) is 14.0 Å². The topological polar surface area (TPSA) is 115 Å². The molecule has 2 N–H and O–H groups in total. The van der Waals surface area contributed by atoms with Gasteiger partial charge in [0.15, 0.2) is 11.9 Å². The summed E-state index contributed by atoms with van der Waals surface area (Å²) in [7, 11) is 0. The molecule has 9 nitrogen and oxygen atoms in total. The quantitative estimate of drug-likeness (QED) is 0.537. The fourth-order valence-electron chi connectivity index (χ4n) is 2.54. The highest BCUT2D eigenvalue weighted by Gasteiger charge is 2.47. The molecule has 0 radical (unpaired) electrons. The molecule has 2 aromatic rings. The van der Waals surface area contributed by atoms with Gasteiger partial charge in [-0.2, -0.15) is 4.98 Å². The van der Waals surface area contributed by atoms with Crippen LogP contribution in [0.1, 0.15) is 6.23 Å². The van der Waals surface area contributed by atoms with E-state index < -0.39 is 30.2 Å². The summed E-state index contributed by atoms with van der Waals surface area (Å²) in [5.74, 6) is 0. The monoisotopic (exact) mass is 251 g/mol. The first-order chi connectivity index (χ1) is 8.66. The summed E-state index contributed by atoms with van der Waals surface area (Å²) in [5, 5.41) is 27.5. The molecule has 2 aliphatic rings. The standard InChI is InChI=1S/C9H9N5O4/c15-5-4-2-13-7-3(11-12-13)1-10-9(17)14(7)8(18-4)6(5)16/h1,4-6,8,15-16H,2H2/t4-,5?,6?,8-/m1/s1. The van der Waals surface area contributed by atoms with Crippen molar-refractivity contribution >= 4 is 11.2 Å². The van der Waals surface area contributed by atoms with E-state index in [4.69, 9.17) is 4.74 Å². The third-order valence-electron chi connectivity index (χ3n) is 3.41. The van der Waals surface area contributed by atoms with Crippen molar-refractivity contribution in [2.24, 2.45) is 0 Å². The van der Waals surface area contributed by atoms with Gasteiger partial charge in [-0.3, -0.25) is 0 Å². The van der Waals surface area contributed by atoms with Crippen LogP contribution in [0.2, 0.25) is 0 Å². The second-order valence-corrected chi connectivity index (χ2v) is 4.44. The minimum absolute atomic E-state index is 0.231. The van der Waals surface area contributed by atoms with Crippen LogP contribution in [0.3, 0.4) is 0 Å². The van der Waals surface area contributed by atoms with Crippen LogP contribution in [0.25, 0.3) is 11.2 Å². The van der Waals surface area contributed by atoms with Crippen molar-refractivity contribution in [1.82, 2.24) is 24.5 Å². The number of hydrogen-bond donors (Lipinski definition) is 2. The number of hydrogen-bond acceptors (Lipinski definition) is 7. The molecule has 2 aromatic heterocycles. The van der Waals surface area contributed by atoms with Gasteiger partial charge in [-0.05, 0) is 0 Å². The van der Waals surface area contributed by atoms with Crippen molar-refractivity contribution in [2.45, 2.75) is 31.1 Å². The van der Waals surface area contributed by atoms with Crippen LogP contribution in [0.15, 0.2) is 11.0 Å². The van der Waals surface area contributed by atoms with Gasteiger partial charge >= 0.3 is 5.69 Å². The summed E-state index contributed by atoms with van der Waals surface area (Å²) in [6.07, 6.45) is -2.46. The van der Waals surface area contributed by atoms with Crippen molar-refractivity contribution in [3.8, 4) is 0 Å². The van der Waals surface area contributed by atoms with E-state index in [1.54, 1.807) is 0 Å². The van der Waals surface area contributed by atoms with Crippen molar-refractivity contribution in [1.29, 1.82) is 0 Å². The van der Waals surface area contributed by atoms with Gasteiger partial charge in [0.05, 0.1) is 12.7 Å². The van der Waals surface area contributed by atoms with Crippen LogP contribution in [-0.2, 0) is 11.3 Å². The third-order valence-corrected chi connectivity index (χ3v) is 3.41. The van der Waals surface area contributed by atoms with E-state index in [1.807, 2.05) is 0 Å². The van der Waals surface area contributed by atoms with E-state index in [9.17, 15) is 15.0 Å². The zero-order valence-corrected chi connectivity index (χ0v) is 9.04. The summed E-state index contributed by atoms with van der Waals surface area (Å²) < 4.78 is 8.17. The molecular weight excluding hydrogens is 242 g/mol. The maximum absolute atomic E-state index is 11.9. The Labute approximate surface area is 99.2 Å². The highest BCUT2D eigenvalue weighted by Crippen LogP contribution is 2.33. The lowest BCUT2D eigenvalue weighted by molar-refractivity contribution is -0.0357. The van der Waals surface area contributed by atoms with Crippen LogP contribution >= 0.6 is 0 Å². The molecule has 2 bridgehead atoms. The first-order valence-electron chi connectivity index (χ1n) is 5.49. The minimum atomic E-state index is -1.16. The SMILES string of the molecule is O=c1ncc2nnn3c2n1[C@@H]1O[C@H](C3)C(O)C1O. The summed E-state index contributed by atoms with van der Waals surface area (Å²) in [5.41, 5.74) is 0.339. The number of ether oxygens (including phenoxy) is 1. The number of nitrogens with zero attached hydrogens (tertiary/aromatic N) is 5. The summed E-state index contributed by atoms with van der Waals surface area (Å²) in [4.78, 5) is 15.5. The van der Waals surface area contributed by atoms with Crippen molar-refractivity contribution in [3.05, 3.63) is 16.7 Å². The molecule has 94 valence electrons. The first-order valence-corrected chi connectivity index (χ1v) is 5.49. The van der Waals surface area contributed by atoms with Gasteiger partial charge in [0.2, 0.25) is 0 Å². The van der Waals surface area contributed by atoms with Gasteiger partial charge < -0.3 is 14.9 Å². The van der Waals surface area contributed by atoms with Crippen molar-refractivity contribution in [3.63, 3.8) is 0 Å². The smallest absolute Gasteiger partial charge is 0.351 e. The number of aliphatic hydroxyl groups excluding tert-OH is 2. The van der Waals surface area contributed by atoms with E-state index >= 15 is 0 Å². The van der Waals surface area contributed by atoms with E-state index in [1.165, 1.54) is 15.4 Å². The highest BCUT2D eigenvalue weighted by molar-refractivity contribution is 5.69. The van der Waals surface area contributed by atoms with Crippen molar-refractivity contribution in [2.75, 3.05) is 0 Å². The zero-order valence-electron chi connectivity index (χ0n) is 9.04. The number of fused-ring (bicyclic) bond motifs is 3. The predicted molar refractivity (Wildman–Crippen MR) is 55.5 cm³/mol. The summed E-state index contributed by atoms with van der Waals surface area (Å²) in [6.45, 7) is 0.231. The fourth-order valence-corrected chi connectivity index (χ4v) is 2.54. The number of rotatable bonds is 0. The van der Waals surface area contributed by atoms with Crippen LogP contribution in [0.4, 0.5) is 0 Å². The number of aromatic nitrogens is 5. The lowest BCUT2D eigenvalue weighted by Gasteiger charge is -2.18. The van der Waals surface area contributed by atoms with E-state index in [0.717, 1.165) is 0 Å². The Hall–Kier alpha value is -1.84. The fraction of sp³-hybridized carbons (Fsp3) is 0.556. The van der Waals surface area contributed by atoms with Crippen molar-refractivity contribution < 1.29 is 14.9 Å². The molecule has 0 amide bonds. The number of aliphatic hydroxyl groups is 2. The Morgan fingerprint density at radius 1 is 1.39 bits per heavy atom. The minimum Gasteiger partial charge on any atom is -0.387 e. The Kier molecular flexibility index (Phi) is 1.76. The van der Waals surface area contributed by atoms with Gasteiger partial charge in [-0.1, -0.05) is 5.21 Å². The van der Waals surface area contributed by atoms with Crippen LogP contribution < -0.4 is 5.69 Å². The maximum Gasteiger partial charge on any atom is 0.351 e. The van der Waals surface area contributed by atoms with Crippen LogP contribution in [0, 0.1) is 0 Å². The Morgan fingerprint density at radius 3 is 3.06 bits per heavy atom. The molecule has 0 saturated carbocycles. The van der Waals surface area contributed by atoms with Crippen LogP contribution in [-0.4, -0.2) is 53.1 Å². The molecule has 0 spiro atoms. The highest BCUT2D eigenvalue weighted by atomic mass is 16.6. The van der Waals surface area contributed by atoms with E-state index in [2.05, 4.69) is 15.3 Å². The van der Waals surface area contributed by atoms with Gasteiger partial charge in [-0.15, -0.1) is 5.10 Å². The second-order valence-electron chi connectivity index (χ2n) is 4.44. The van der Waals surface area contributed by atoms with Gasteiger partial charge in [0.1, 0.15) is 23.8 Å². The molecule has 4 atom stereocenters. The van der Waals surface area contributed by atoms with E-state index in [-0.39, 0.29) is 6.54 Å². The third kappa shape index (κ3) is 1.06. The molecule has 2 aliphatic heterocycles. The first kappa shape index (κ1) is 10.1. The molecule has 4 heterocycles. The molecule has 18 heavy (non-hydrogen) atoms. The largest absolute Gasteiger partial charge is 0.387 e. The summed E-state index contributed by atoms with van der Waals surface area (Å²) >= 11 is 0. The zero-order chi connectivity index (χ0) is 12.4. The van der Waals surface area contributed by atoms with Crippen LogP contribution in [0.5, 0.6) is 0 Å². The molecule has 9 heteroatoms. The van der Waals surface area contributed by atoms with Gasteiger partial charge in [0.25, 0.3) is 0 Å². The van der Waals surface area contributed by atoms with Gasteiger partial charge in [0, 0.05) is 0 Å². The molecule has 1 saturated heterocycles. The lowest BCUT2D eigenvalue weighted by atomic mass is 10.1. The molecular formula is C9H9N5O4. The predicted octanol–water partition coefficient (Wildman–Crippen LogP) is -2.38. The Balaban J connectivity index is 2.10. The molecule has 1 fully saturated rings. The average molecular weight is 251 g/mol.